The lowest BCUT2D eigenvalue weighted by Gasteiger charge is -2.33. The third-order valence-electron chi connectivity index (χ3n) is 4.56. The third kappa shape index (κ3) is 5.06. The first-order chi connectivity index (χ1) is 12.6. The molecule has 0 bridgehead atoms. The Labute approximate surface area is 153 Å². The number of para-hydroxylation sites is 2. The van der Waals surface area contributed by atoms with Crippen LogP contribution in [0, 0.1) is 6.92 Å². The number of aryl methyl sites for hydroxylation is 1. The summed E-state index contributed by atoms with van der Waals surface area (Å²) in [7, 11) is 1.60. The van der Waals surface area contributed by atoms with Gasteiger partial charge in [0.15, 0.2) is 5.76 Å². The van der Waals surface area contributed by atoms with Crippen molar-refractivity contribution < 1.29 is 14.1 Å². The van der Waals surface area contributed by atoms with Gasteiger partial charge in [-0.3, -0.25) is 9.69 Å². The highest BCUT2D eigenvalue weighted by atomic mass is 16.5. The topological polar surface area (TPSA) is 70.8 Å². The summed E-state index contributed by atoms with van der Waals surface area (Å²) in [5.74, 6) is 1.60. The molecule has 0 atom stereocenters. The first-order valence-corrected chi connectivity index (χ1v) is 8.94. The number of hydrogen-bond acceptors (Lipinski definition) is 6. The summed E-state index contributed by atoms with van der Waals surface area (Å²) in [6.07, 6.45) is 0.472. The van der Waals surface area contributed by atoms with Crippen LogP contribution in [0.3, 0.4) is 0 Å². The zero-order chi connectivity index (χ0) is 18.4. The maximum absolute atomic E-state index is 12.2. The molecule has 1 N–H and O–H groups in total. The predicted molar refractivity (Wildman–Crippen MR) is 99.2 cm³/mol. The molecule has 1 amide bonds. The number of hydrogen-bond donors (Lipinski definition) is 1. The van der Waals surface area contributed by atoms with Crippen molar-refractivity contribution in [1.82, 2.24) is 15.0 Å². The lowest BCUT2D eigenvalue weighted by Crippen LogP contribution is -2.46. The Morgan fingerprint density at radius 3 is 2.65 bits per heavy atom. The molecule has 0 aliphatic carbocycles. The molecule has 0 radical (unpaired) electrons. The van der Waals surface area contributed by atoms with Gasteiger partial charge in [-0.2, -0.15) is 0 Å². The number of aromatic nitrogens is 1. The van der Waals surface area contributed by atoms with E-state index in [4.69, 9.17) is 9.26 Å². The average molecular weight is 358 g/mol. The standard InChI is InChI=1S/C19H26N4O3/c1-15-13-16(26-21-15)14-23-11-9-22(10-12-23)8-7-19(24)20-17-5-3-4-6-18(17)25-2/h3-6,13H,7-12,14H2,1-2H3,(H,20,24). The number of methoxy groups -OCH3 is 1. The van der Waals surface area contributed by atoms with Crippen molar-refractivity contribution in [3.63, 3.8) is 0 Å². The number of piperazine rings is 1. The summed E-state index contributed by atoms with van der Waals surface area (Å²) in [4.78, 5) is 16.9. The van der Waals surface area contributed by atoms with Crippen LogP contribution in [0.4, 0.5) is 5.69 Å². The zero-order valence-electron chi connectivity index (χ0n) is 15.4. The van der Waals surface area contributed by atoms with Gasteiger partial charge in [-0.05, 0) is 19.1 Å². The predicted octanol–water partition coefficient (Wildman–Crippen LogP) is 2.14. The minimum absolute atomic E-state index is 0.00839. The van der Waals surface area contributed by atoms with Crippen LogP contribution < -0.4 is 10.1 Å². The Balaban J connectivity index is 1.38. The van der Waals surface area contributed by atoms with E-state index in [0.717, 1.165) is 50.7 Å². The van der Waals surface area contributed by atoms with Gasteiger partial charge in [0.05, 0.1) is 25.0 Å². The van der Waals surface area contributed by atoms with Gasteiger partial charge in [0.2, 0.25) is 5.91 Å². The first kappa shape index (κ1) is 18.4. The number of benzene rings is 1. The van der Waals surface area contributed by atoms with Gasteiger partial charge in [0.25, 0.3) is 0 Å². The summed E-state index contributed by atoms with van der Waals surface area (Å²) in [5.41, 5.74) is 1.63. The lowest BCUT2D eigenvalue weighted by molar-refractivity contribution is -0.116. The van der Waals surface area contributed by atoms with E-state index < -0.39 is 0 Å². The molecular weight excluding hydrogens is 332 g/mol. The second-order valence-electron chi connectivity index (χ2n) is 6.55. The van der Waals surface area contributed by atoms with E-state index in [0.29, 0.717) is 17.9 Å². The second kappa shape index (κ2) is 8.82. The summed E-state index contributed by atoms with van der Waals surface area (Å²) in [6.45, 7) is 7.33. The van der Waals surface area contributed by atoms with Crippen molar-refractivity contribution in [2.45, 2.75) is 19.9 Å². The highest BCUT2D eigenvalue weighted by molar-refractivity contribution is 5.92. The molecule has 26 heavy (non-hydrogen) atoms. The van der Waals surface area contributed by atoms with E-state index in [2.05, 4.69) is 20.3 Å². The fourth-order valence-electron chi connectivity index (χ4n) is 3.10. The SMILES string of the molecule is COc1ccccc1NC(=O)CCN1CCN(Cc2cc(C)no2)CC1. The minimum Gasteiger partial charge on any atom is -0.495 e. The van der Waals surface area contributed by atoms with Crippen LogP contribution >= 0.6 is 0 Å². The Bertz CT molecular complexity index is 723. The van der Waals surface area contributed by atoms with E-state index >= 15 is 0 Å². The molecule has 1 fully saturated rings. The molecule has 3 rings (SSSR count). The molecule has 1 aliphatic rings. The first-order valence-electron chi connectivity index (χ1n) is 8.94. The van der Waals surface area contributed by atoms with E-state index in [-0.39, 0.29) is 5.91 Å². The van der Waals surface area contributed by atoms with Crippen molar-refractivity contribution in [2.24, 2.45) is 0 Å². The quantitative estimate of drug-likeness (QED) is 0.818. The molecule has 1 aromatic heterocycles. The molecule has 0 spiro atoms. The minimum atomic E-state index is 0.00839. The van der Waals surface area contributed by atoms with E-state index in [9.17, 15) is 4.79 Å². The number of rotatable bonds is 7. The van der Waals surface area contributed by atoms with Crippen molar-refractivity contribution >= 4 is 11.6 Å². The number of carbonyl (C=O) groups excluding carboxylic acids is 1. The summed E-state index contributed by atoms with van der Waals surface area (Å²) in [6, 6.07) is 9.43. The van der Waals surface area contributed by atoms with Crippen LogP contribution in [0.25, 0.3) is 0 Å². The Kier molecular flexibility index (Phi) is 6.25. The van der Waals surface area contributed by atoms with Crippen molar-refractivity contribution in [1.29, 1.82) is 0 Å². The molecule has 2 heterocycles. The summed E-state index contributed by atoms with van der Waals surface area (Å²) < 4.78 is 10.5. The molecule has 7 nitrogen and oxygen atoms in total. The highest BCUT2D eigenvalue weighted by Crippen LogP contribution is 2.23. The molecular formula is C19H26N4O3. The van der Waals surface area contributed by atoms with Crippen LogP contribution in [0.5, 0.6) is 5.75 Å². The maximum Gasteiger partial charge on any atom is 0.225 e. The van der Waals surface area contributed by atoms with Crippen molar-refractivity contribution in [2.75, 3.05) is 45.2 Å². The third-order valence-corrected chi connectivity index (χ3v) is 4.56. The fraction of sp³-hybridized carbons (Fsp3) is 0.474. The van der Waals surface area contributed by atoms with E-state index in [1.807, 2.05) is 37.3 Å². The molecule has 1 aromatic carbocycles. The van der Waals surface area contributed by atoms with E-state index in [1.54, 1.807) is 7.11 Å². The van der Waals surface area contributed by atoms with Crippen LogP contribution in [0.15, 0.2) is 34.9 Å². The van der Waals surface area contributed by atoms with Crippen molar-refractivity contribution in [3.8, 4) is 5.75 Å². The van der Waals surface area contributed by atoms with Gasteiger partial charge < -0.3 is 19.5 Å². The number of nitrogens with one attached hydrogen (secondary N) is 1. The Morgan fingerprint density at radius 1 is 1.23 bits per heavy atom. The average Bonchev–Trinajstić information content (AvgIpc) is 3.06. The van der Waals surface area contributed by atoms with Crippen LogP contribution in [0.1, 0.15) is 17.9 Å². The van der Waals surface area contributed by atoms with Gasteiger partial charge >= 0.3 is 0 Å². The molecule has 0 saturated carbocycles. The van der Waals surface area contributed by atoms with Crippen molar-refractivity contribution in [3.05, 3.63) is 41.8 Å². The molecule has 140 valence electrons. The Morgan fingerprint density at radius 2 is 1.96 bits per heavy atom. The molecule has 1 saturated heterocycles. The number of anilines is 1. The monoisotopic (exact) mass is 358 g/mol. The van der Waals surface area contributed by atoms with Gasteiger partial charge in [0.1, 0.15) is 5.75 Å². The number of carbonyl (C=O) groups is 1. The molecule has 2 aromatic rings. The smallest absolute Gasteiger partial charge is 0.225 e. The summed E-state index contributed by atoms with van der Waals surface area (Å²) >= 11 is 0. The molecule has 0 unspecified atom stereocenters. The number of nitrogens with zero attached hydrogens (tertiary/aromatic N) is 3. The van der Waals surface area contributed by atoms with Gasteiger partial charge in [-0.1, -0.05) is 17.3 Å². The van der Waals surface area contributed by atoms with Crippen LogP contribution in [0.2, 0.25) is 0 Å². The molecule has 7 heteroatoms. The number of amides is 1. The maximum atomic E-state index is 12.2. The van der Waals surface area contributed by atoms with Gasteiger partial charge in [-0.15, -0.1) is 0 Å². The fourth-order valence-corrected chi connectivity index (χ4v) is 3.10. The summed E-state index contributed by atoms with van der Waals surface area (Å²) in [5, 5.41) is 6.85. The van der Waals surface area contributed by atoms with Crippen LogP contribution in [-0.4, -0.2) is 60.7 Å². The van der Waals surface area contributed by atoms with E-state index in [1.165, 1.54) is 0 Å². The highest BCUT2D eigenvalue weighted by Gasteiger charge is 2.19. The second-order valence-corrected chi connectivity index (χ2v) is 6.55. The van der Waals surface area contributed by atoms with Crippen LogP contribution in [-0.2, 0) is 11.3 Å². The number of ether oxygens (including phenoxy) is 1. The van der Waals surface area contributed by atoms with Gasteiger partial charge in [-0.25, -0.2) is 0 Å². The molecule has 1 aliphatic heterocycles. The Hall–Kier alpha value is -2.38. The van der Waals surface area contributed by atoms with Gasteiger partial charge in [0, 0.05) is 45.2 Å². The zero-order valence-corrected chi connectivity index (χ0v) is 15.4. The normalized spacial score (nSPS) is 15.8. The largest absolute Gasteiger partial charge is 0.495 e. The lowest BCUT2D eigenvalue weighted by atomic mass is 10.2.